The van der Waals surface area contributed by atoms with Crippen molar-refractivity contribution < 1.29 is 4.57 Å². The summed E-state index contributed by atoms with van der Waals surface area (Å²) < 4.78 is 19.0. The highest BCUT2D eigenvalue weighted by molar-refractivity contribution is 7.87. The number of aryl methyl sites for hydroxylation is 3. The van der Waals surface area contributed by atoms with Crippen molar-refractivity contribution in [3.63, 3.8) is 0 Å². The van der Waals surface area contributed by atoms with E-state index in [1.54, 1.807) is 0 Å². The van der Waals surface area contributed by atoms with Crippen LogP contribution in [0.2, 0.25) is 0 Å². The molecular formula is C96H60N3OP. The molecule has 9 aliphatic rings. The highest BCUT2D eigenvalue weighted by atomic mass is 31.2. The predicted molar refractivity (Wildman–Crippen MR) is 414 cm³/mol. The average molecular weight is 1300 g/mol. The van der Waals surface area contributed by atoms with Crippen molar-refractivity contribution in [3.05, 3.63) is 393 Å². The highest BCUT2D eigenvalue weighted by Crippen LogP contribution is 2.72. The van der Waals surface area contributed by atoms with Gasteiger partial charge in [0.15, 0.2) is 7.14 Å². The maximum atomic E-state index is 19.0. The lowest BCUT2D eigenvalue weighted by Crippen LogP contribution is -2.48. The number of rotatable bonds is 3. The molecule has 0 atom stereocenters. The van der Waals surface area contributed by atoms with Gasteiger partial charge >= 0.3 is 0 Å². The summed E-state index contributed by atoms with van der Waals surface area (Å²) in [5.41, 5.74) is 40.7. The average Bonchev–Trinajstić information content (AvgIpc) is 1.61. The third kappa shape index (κ3) is 6.19. The zero-order valence-corrected chi connectivity index (χ0v) is 56.5. The van der Waals surface area contributed by atoms with Gasteiger partial charge in [-0.15, -0.1) is 0 Å². The van der Waals surface area contributed by atoms with Gasteiger partial charge in [0.25, 0.3) is 0 Å². The van der Waals surface area contributed by atoms with Crippen LogP contribution >= 0.6 is 7.14 Å². The van der Waals surface area contributed by atoms with Gasteiger partial charge in [0, 0.05) is 17.1 Å². The molecule has 0 amide bonds. The van der Waals surface area contributed by atoms with Gasteiger partial charge in [-0.1, -0.05) is 237 Å². The minimum Gasteiger partial charge on any atom is -0.309 e. The first-order chi connectivity index (χ1) is 49.7. The molecule has 101 heavy (non-hydrogen) atoms. The van der Waals surface area contributed by atoms with Crippen LogP contribution in [0.3, 0.4) is 0 Å². The first-order valence-corrected chi connectivity index (χ1v) is 37.2. The number of fused-ring (bicyclic) bond motifs is 30. The van der Waals surface area contributed by atoms with E-state index in [1.807, 2.05) is 0 Å². The fourth-order valence-electron chi connectivity index (χ4n) is 21.4. The molecule has 0 N–H and O–H groups in total. The van der Waals surface area contributed by atoms with Gasteiger partial charge in [-0.05, 0) is 244 Å². The normalized spacial score (nSPS) is 16.0. The summed E-state index contributed by atoms with van der Waals surface area (Å²) in [6.07, 6.45) is 0. The molecule has 15 aromatic rings. The van der Waals surface area contributed by atoms with E-state index in [1.165, 1.54) is 134 Å². The summed E-state index contributed by atoms with van der Waals surface area (Å²) in [5.74, 6) is 0. The zero-order valence-electron chi connectivity index (χ0n) is 55.6. The number of anilines is 9. The van der Waals surface area contributed by atoms with Crippen LogP contribution in [-0.2, 0) is 20.8 Å². The molecule has 3 spiro atoms. The molecule has 0 saturated carbocycles. The molecule has 0 radical (unpaired) electrons. The van der Waals surface area contributed by atoms with E-state index in [0.29, 0.717) is 0 Å². The Balaban J connectivity index is 0.808. The standard InChI is InChI=1S/C96H60N3OP/c1-55-46-85-91-86(47-55)98(59-41-44-71-68-29-11-20-38-80(68)95(83(71)53-59)75-33-15-6-24-63(75)64-25-7-16-34-76(64)95)88-49-57(3)51-90-93(88)101(91,100)92-87(97(85)58-40-43-70-67-28-10-19-37-79(67)94(82(70)52-58)73-31-13-4-22-61(73)62-23-5-14-32-74(62)94)48-56(2)50-89(92)99(90)60-42-45-72-69-30-12-21-39-81(69)96(84(72)54-60)77-35-17-8-26-65(77)66-27-9-18-36-78(66)96/h4-54H,1-3H3. The van der Waals surface area contributed by atoms with Crippen LogP contribution < -0.4 is 30.6 Å². The Morgan fingerprint density at radius 2 is 0.376 bits per heavy atom. The molecule has 0 bridgehead atoms. The van der Waals surface area contributed by atoms with Crippen molar-refractivity contribution in [2.45, 2.75) is 37.0 Å². The first kappa shape index (κ1) is 54.9. The second-order valence-electron chi connectivity index (χ2n) is 29.4. The van der Waals surface area contributed by atoms with Crippen LogP contribution in [0.5, 0.6) is 0 Å². The van der Waals surface area contributed by atoms with Crippen molar-refractivity contribution in [2.75, 3.05) is 14.7 Å². The number of benzene rings is 15. The molecule has 0 unspecified atom stereocenters. The molecule has 6 aliphatic carbocycles. The summed E-state index contributed by atoms with van der Waals surface area (Å²) >= 11 is 0. The van der Waals surface area contributed by atoms with Crippen molar-refractivity contribution in [1.82, 2.24) is 0 Å². The molecular weight excluding hydrogens is 1240 g/mol. The van der Waals surface area contributed by atoms with Crippen LogP contribution in [0.25, 0.3) is 66.8 Å². The van der Waals surface area contributed by atoms with Gasteiger partial charge in [0.2, 0.25) is 0 Å². The lowest BCUT2D eigenvalue weighted by molar-refractivity contribution is 0.592. The van der Waals surface area contributed by atoms with Crippen LogP contribution in [-0.4, -0.2) is 0 Å². The Labute approximate surface area is 586 Å². The van der Waals surface area contributed by atoms with Crippen LogP contribution in [0, 0.1) is 20.8 Å². The minimum atomic E-state index is -3.88. The lowest BCUT2D eigenvalue weighted by atomic mass is 9.70. The van der Waals surface area contributed by atoms with Gasteiger partial charge in [-0.2, -0.15) is 0 Å². The van der Waals surface area contributed by atoms with Crippen molar-refractivity contribution in [3.8, 4) is 66.8 Å². The van der Waals surface area contributed by atoms with Crippen molar-refractivity contribution in [2.24, 2.45) is 0 Å². The Bertz CT molecular complexity index is 5600. The van der Waals surface area contributed by atoms with Crippen LogP contribution in [0.1, 0.15) is 83.5 Å². The van der Waals surface area contributed by atoms with Crippen LogP contribution in [0.4, 0.5) is 51.2 Å². The van der Waals surface area contributed by atoms with E-state index in [0.717, 1.165) is 83.8 Å². The van der Waals surface area contributed by atoms with Crippen molar-refractivity contribution in [1.29, 1.82) is 0 Å². The van der Waals surface area contributed by atoms with E-state index < -0.39 is 23.4 Å². The lowest BCUT2D eigenvalue weighted by Gasteiger charge is -2.50. The molecule has 0 aromatic heterocycles. The molecule has 470 valence electrons. The summed E-state index contributed by atoms with van der Waals surface area (Å²) in [6, 6.07) is 118. The monoisotopic (exact) mass is 1300 g/mol. The van der Waals surface area contributed by atoms with Crippen molar-refractivity contribution >= 4 is 74.2 Å². The Morgan fingerprint density at radius 3 is 0.564 bits per heavy atom. The molecule has 5 heteroatoms. The maximum absolute atomic E-state index is 19.0. The first-order valence-electron chi connectivity index (χ1n) is 35.5. The molecule has 3 aliphatic heterocycles. The third-order valence-electron chi connectivity index (χ3n) is 24.7. The SMILES string of the molecule is Cc1cc2c3c(c1)N(c1ccc4c(c1)C1(c5ccccc5-c5ccccc51)c1ccccc1-4)c1cc(C)cc4c1P3(=O)c1c(cc(C)cc1N4c1ccc3c(c1)C1(c4ccccc4-c4ccccc41)c1ccccc1-3)N2c1ccc2c(c1)C1(c3ccccc3-c3ccccc31)c1ccccc1-2. The number of hydrogen-bond acceptors (Lipinski definition) is 4. The maximum Gasteiger partial charge on any atom is 0.183 e. The summed E-state index contributed by atoms with van der Waals surface area (Å²) in [7, 11) is -3.88. The molecule has 24 rings (SSSR count). The van der Waals surface area contributed by atoms with E-state index in [-0.39, 0.29) is 0 Å². The second-order valence-corrected chi connectivity index (χ2v) is 32.0. The van der Waals surface area contributed by atoms with Gasteiger partial charge in [-0.3, -0.25) is 0 Å². The predicted octanol–water partition coefficient (Wildman–Crippen LogP) is 22.6. The number of nitrogens with zero attached hydrogens (tertiary/aromatic N) is 3. The fraction of sp³-hybridized carbons (Fsp3) is 0.0625. The molecule has 0 saturated heterocycles. The Morgan fingerprint density at radius 1 is 0.208 bits per heavy atom. The van der Waals surface area contributed by atoms with Crippen LogP contribution in [0.15, 0.2) is 309 Å². The van der Waals surface area contributed by atoms with E-state index >= 15 is 4.57 Å². The highest BCUT2D eigenvalue weighted by Gasteiger charge is 2.59. The van der Waals surface area contributed by atoms with E-state index in [2.05, 4.69) is 345 Å². The second kappa shape index (κ2) is 18.6. The van der Waals surface area contributed by atoms with Gasteiger partial charge in [0.1, 0.15) is 0 Å². The van der Waals surface area contributed by atoms with Gasteiger partial charge in [-0.25, -0.2) is 0 Å². The minimum absolute atomic E-state index is 0.590. The molecule has 3 heterocycles. The smallest absolute Gasteiger partial charge is 0.183 e. The topological polar surface area (TPSA) is 26.8 Å². The fourth-order valence-corrected chi connectivity index (χ4v) is 25.0. The Kier molecular flexibility index (Phi) is 10.1. The quantitative estimate of drug-likeness (QED) is 0.165. The summed E-state index contributed by atoms with van der Waals surface area (Å²) in [6.45, 7) is 6.71. The molecule has 0 fully saturated rings. The number of hydrogen-bond donors (Lipinski definition) is 0. The zero-order chi connectivity index (χ0) is 66.3. The summed E-state index contributed by atoms with van der Waals surface area (Å²) in [5, 5.41) is 2.60. The van der Waals surface area contributed by atoms with Gasteiger partial charge < -0.3 is 19.3 Å². The molecule has 4 nitrogen and oxygen atoms in total. The van der Waals surface area contributed by atoms with E-state index in [9.17, 15) is 0 Å². The van der Waals surface area contributed by atoms with E-state index in [4.69, 9.17) is 0 Å². The largest absolute Gasteiger partial charge is 0.309 e. The summed E-state index contributed by atoms with van der Waals surface area (Å²) in [4.78, 5) is 7.58. The molecule has 15 aromatic carbocycles. The van der Waals surface area contributed by atoms with Gasteiger partial charge in [0.05, 0.1) is 66.3 Å². The third-order valence-corrected chi connectivity index (χ3v) is 28.0. The Hall–Kier alpha value is -12.1.